The Morgan fingerprint density at radius 3 is 2.21 bits per heavy atom. The van der Waals surface area contributed by atoms with Crippen LogP contribution in [0.3, 0.4) is 0 Å². The van der Waals surface area contributed by atoms with Crippen LogP contribution in [0.25, 0.3) is 0 Å². The molecule has 1 rings (SSSR count). The molecule has 0 saturated heterocycles. The first-order valence-electron chi connectivity index (χ1n) is 6.46. The van der Waals surface area contributed by atoms with Crippen molar-refractivity contribution in [3.05, 3.63) is 29.8 Å². The molecule has 0 fully saturated rings. The molecule has 0 aliphatic carbocycles. The maximum atomic E-state index is 12.0. The molecule has 4 nitrogen and oxygen atoms in total. The number of rotatable bonds is 6. The molecule has 1 aromatic rings. The number of benzene rings is 1. The first kappa shape index (κ1) is 16.1. The SMILES string of the molecule is CCC(C)(C)c1ccc(S(=O)(=O)NC(C)CO)cc1. The third-order valence-electron chi connectivity index (χ3n) is 3.46. The lowest BCUT2D eigenvalue weighted by Crippen LogP contribution is -2.35. The number of aliphatic hydroxyl groups excluding tert-OH is 1. The molecule has 108 valence electrons. The molecular weight excluding hydrogens is 262 g/mol. The number of sulfonamides is 1. The van der Waals surface area contributed by atoms with Crippen LogP contribution in [0.4, 0.5) is 0 Å². The number of nitrogens with one attached hydrogen (secondary N) is 1. The zero-order valence-corrected chi connectivity index (χ0v) is 12.8. The Labute approximate surface area is 115 Å². The molecule has 19 heavy (non-hydrogen) atoms. The van der Waals surface area contributed by atoms with Gasteiger partial charge in [0.05, 0.1) is 11.5 Å². The van der Waals surface area contributed by atoms with Gasteiger partial charge in [-0.1, -0.05) is 32.9 Å². The van der Waals surface area contributed by atoms with Crippen molar-refractivity contribution in [1.29, 1.82) is 0 Å². The van der Waals surface area contributed by atoms with E-state index in [1.807, 2.05) is 12.1 Å². The molecule has 0 aromatic heterocycles. The van der Waals surface area contributed by atoms with Gasteiger partial charge in [-0.3, -0.25) is 0 Å². The van der Waals surface area contributed by atoms with Crippen LogP contribution in [0.15, 0.2) is 29.2 Å². The molecule has 0 amide bonds. The molecule has 0 heterocycles. The predicted molar refractivity (Wildman–Crippen MR) is 76.6 cm³/mol. The average molecular weight is 285 g/mol. The van der Waals surface area contributed by atoms with Crippen molar-refractivity contribution in [3.8, 4) is 0 Å². The van der Waals surface area contributed by atoms with E-state index in [1.165, 1.54) is 0 Å². The molecule has 1 atom stereocenters. The van der Waals surface area contributed by atoms with Crippen LogP contribution in [0, 0.1) is 0 Å². The molecular formula is C14H23NO3S. The monoisotopic (exact) mass is 285 g/mol. The molecule has 2 N–H and O–H groups in total. The van der Waals surface area contributed by atoms with E-state index in [9.17, 15) is 8.42 Å². The van der Waals surface area contributed by atoms with Crippen molar-refractivity contribution in [2.75, 3.05) is 6.61 Å². The summed E-state index contributed by atoms with van der Waals surface area (Å²) in [5.41, 5.74) is 1.15. The highest BCUT2D eigenvalue weighted by Crippen LogP contribution is 2.27. The Morgan fingerprint density at radius 2 is 1.79 bits per heavy atom. The normalized spacial score (nSPS) is 14.4. The summed E-state index contributed by atoms with van der Waals surface area (Å²) in [6.07, 6.45) is 0.985. The van der Waals surface area contributed by atoms with Gasteiger partial charge in [-0.2, -0.15) is 0 Å². The van der Waals surface area contributed by atoms with E-state index >= 15 is 0 Å². The van der Waals surface area contributed by atoms with Crippen molar-refractivity contribution in [2.45, 2.75) is 50.5 Å². The van der Waals surface area contributed by atoms with E-state index < -0.39 is 16.1 Å². The van der Waals surface area contributed by atoms with Crippen LogP contribution in [0.5, 0.6) is 0 Å². The molecule has 0 aliphatic rings. The second kappa shape index (κ2) is 6.03. The Morgan fingerprint density at radius 1 is 1.26 bits per heavy atom. The summed E-state index contributed by atoms with van der Waals surface area (Å²) in [6.45, 7) is 7.76. The van der Waals surface area contributed by atoms with E-state index in [0.717, 1.165) is 12.0 Å². The van der Waals surface area contributed by atoms with Gasteiger partial charge in [-0.25, -0.2) is 13.1 Å². The second-order valence-corrected chi connectivity index (χ2v) is 7.18. The number of aliphatic hydroxyl groups is 1. The van der Waals surface area contributed by atoms with Crippen molar-refractivity contribution in [1.82, 2.24) is 4.72 Å². The molecule has 0 spiro atoms. The first-order valence-corrected chi connectivity index (χ1v) is 7.95. The highest BCUT2D eigenvalue weighted by atomic mass is 32.2. The zero-order valence-electron chi connectivity index (χ0n) is 12.0. The molecule has 0 radical (unpaired) electrons. The lowest BCUT2D eigenvalue weighted by Gasteiger charge is -2.23. The summed E-state index contributed by atoms with van der Waals surface area (Å²) >= 11 is 0. The smallest absolute Gasteiger partial charge is 0.240 e. The fourth-order valence-corrected chi connectivity index (χ4v) is 2.89. The van der Waals surface area contributed by atoms with Crippen LogP contribution in [-0.4, -0.2) is 26.2 Å². The Hall–Kier alpha value is -0.910. The van der Waals surface area contributed by atoms with Crippen molar-refractivity contribution < 1.29 is 13.5 Å². The van der Waals surface area contributed by atoms with Gasteiger partial charge in [0.1, 0.15) is 0 Å². The van der Waals surface area contributed by atoms with Crippen LogP contribution >= 0.6 is 0 Å². The summed E-state index contributed by atoms with van der Waals surface area (Å²) in [4.78, 5) is 0.225. The van der Waals surface area contributed by atoms with Crippen molar-refractivity contribution in [2.24, 2.45) is 0 Å². The summed E-state index contributed by atoms with van der Waals surface area (Å²) in [7, 11) is -3.55. The fourth-order valence-electron chi connectivity index (χ4n) is 1.66. The largest absolute Gasteiger partial charge is 0.395 e. The van der Waals surface area contributed by atoms with Gasteiger partial charge in [0.25, 0.3) is 0 Å². The average Bonchev–Trinajstić information content (AvgIpc) is 2.38. The van der Waals surface area contributed by atoms with Crippen LogP contribution in [-0.2, 0) is 15.4 Å². The summed E-state index contributed by atoms with van der Waals surface area (Å²) in [5, 5.41) is 8.90. The quantitative estimate of drug-likeness (QED) is 0.840. The molecule has 1 unspecified atom stereocenters. The van der Waals surface area contributed by atoms with E-state index in [-0.39, 0.29) is 16.9 Å². The third-order valence-corrected chi connectivity index (χ3v) is 5.07. The van der Waals surface area contributed by atoms with Crippen LogP contribution in [0.2, 0.25) is 0 Å². The minimum atomic E-state index is -3.55. The molecule has 5 heteroatoms. The highest BCUT2D eigenvalue weighted by molar-refractivity contribution is 7.89. The van der Waals surface area contributed by atoms with Gasteiger partial charge in [0.15, 0.2) is 0 Å². The van der Waals surface area contributed by atoms with Gasteiger partial charge < -0.3 is 5.11 Å². The number of hydrogen-bond donors (Lipinski definition) is 2. The topological polar surface area (TPSA) is 66.4 Å². The van der Waals surface area contributed by atoms with Crippen LogP contribution in [0.1, 0.15) is 39.7 Å². The van der Waals surface area contributed by atoms with Gasteiger partial charge in [-0.15, -0.1) is 0 Å². The van der Waals surface area contributed by atoms with E-state index in [2.05, 4.69) is 25.5 Å². The number of hydrogen-bond acceptors (Lipinski definition) is 3. The zero-order chi connectivity index (χ0) is 14.7. The van der Waals surface area contributed by atoms with Crippen molar-refractivity contribution in [3.63, 3.8) is 0 Å². The molecule has 0 bridgehead atoms. The molecule has 0 saturated carbocycles. The Kier molecular flexibility index (Phi) is 5.12. The molecule has 1 aromatic carbocycles. The second-order valence-electron chi connectivity index (χ2n) is 5.47. The maximum absolute atomic E-state index is 12.0. The van der Waals surface area contributed by atoms with Gasteiger partial charge in [-0.05, 0) is 36.5 Å². The van der Waals surface area contributed by atoms with E-state index in [0.29, 0.717) is 0 Å². The first-order chi connectivity index (χ1) is 8.73. The van der Waals surface area contributed by atoms with Gasteiger partial charge in [0, 0.05) is 6.04 Å². The Balaban J connectivity index is 2.99. The standard InChI is InChI=1S/C14H23NO3S/c1-5-14(3,4)12-6-8-13(9-7-12)19(17,18)15-11(2)10-16/h6-9,11,15-16H,5,10H2,1-4H3. The third kappa shape index (κ3) is 4.03. The summed E-state index contributed by atoms with van der Waals surface area (Å²) in [6, 6.07) is 6.43. The van der Waals surface area contributed by atoms with Gasteiger partial charge in [0.2, 0.25) is 10.0 Å². The lowest BCUT2D eigenvalue weighted by atomic mass is 9.82. The van der Waals surface area contributed by atoms with Crippen molar-refractivity contribution >= 4 is 10.0 Å². The van der Waals surface area contributed by atoms with E-state index in [1.54, 1.807) is 19.1 Å². The summed E-state index contributed by atoms with van der Waals surface area (Å²) < 4.78 is 26.4. The maximum Gasteiger partial charge on any atom is 0.240 e. The lowest BCUT2D eigenvalue weighted by molar-refractivity contribution is 0.265. The van der Waals surface area contributed by atoms with Crippen LogP contribution < -0.4 is 4.72 Å². The summed E-state index contributed by atoms with van der Waals surface area (Å²) in [5.74, 6) is 0. The minimum absolute atomic E-state index is 0.0358. The van der Waals surface area contributed by atoms with Gasteiger partial charge >= 0.3 is 0 Å². The van der Waals surface area contributed by atoms with E-state index in [4.69, 9.17) is 5.11 Å². The predicted octanol–water partition coefficient (Wildman–Crippen LogP) is 2.03. The highest BCUT2D eigenvalue weighted by Gasteiger charge is 2.20. The molecule has 0 aliphatic heterocycles. The minimum Gasteiger partial charge on any atom is -0.395 e. The Bertz CT molecular complexity index is 506. The fraction of sp³-hybridized carbons (Fsp3) is 0.571.